The molecule has 0 aliphatic heterocycles. The summed E-state index contributed by atoms with van der Waals surface area (Å²) in [4.78, 5) is 4.13. The van der Waals surface area contributed by atoms with Crippen LogP contribution in [0.5, 0.6) is 0 Å². The SMILES string of the molecule is N#Cc1ccc(Nc2nc(NN)c(Cl)cc2Cl)c(Cl)c1. The Bertz CT molecular complexity index is 696. The van der Waals surface area contributed by atoms with E-state index in [1.54, 1.807) is 12.1 Å². The van der Waals surface area contributed by atoms with Crippen molar-refractivity contribution in [3.63, 3.8) is 0 Å². The molecule has 5 nitrogen and oxygen atoms in total. The fourth-order valence-electron chi connectivity index (χ4n) is 1.47. The topological polar surface area (TPSA) is 86.8 Å². The number of nitrogen functional groups attached to an aromatic ring is 1. The summed E-state index contributed by atoms with van der Waals surface area (Å²) in [6.07, 6.45) is 0. The van der Waals surface area contributed by atoms with Crippen LogP contribution >= 0.6 is 34.8 Å². The molecule has 0 amide bonds. The smallest absolute Gasteiger partial charge is 0.161 e. The first-order valence-electron chi connectivity index (χ1n) is 5.34. The van der Waals surface area contributed by atoms with Gasteiger partial charge in [0.1, 0.15) is 0 Å². The van der Waals surface area contributed by atoms with Crippen LogP contribution in [-0.4, -0.2) is 4.98 Å². The molecule has 0 fully saturated rings. The predicted molar refractivity (Wildman–Crippen MR) is 81.5 cm³/mol. The van der Waals surface area contributed by atoms with E-state index in [-0.39, 0.29) is 5.82 Å². The van der Waals surface area contributed by atoms with E-state index in [0.717, 1.165) is 0 Å². The van der Waals surface area contributed by atoms with Crippen molar-refractivity contribution in [2.75, 3.05) is 10.7 Å². The Hall–Kier alpha value is -1.71. The predicted octanol–water partition coefficient (Wildman–Crippen LogP) is 3.94. The third-order valence-electron chi connectivity index (χ3n) is 2.42. The molecule has 2 aromatic rings. The molecular weight excluding hydrogens is 321 g/mol. The lowest BCUT2D eigenvalue weighted by atomic mass is 10.2. The molecule has 8 heteroatoms. The Morgan fingerprint density at radius 2 is 1.75 bits per heavy atom. The van der Waals surface area contributed by atoms with Gasteiger partial charge in [-0.3, -0.25) is 0 Å². The maximum atomic E-state index is 8.79. The Morgan fingerprint density at radius 1 is 1.05 bits per heavy atom. The summed E-state index contributed by atoms with van der Waals surface area (Å²) in [5, 5.41) is 12.7. The minimum Gasteiger partial charge on any atom is -0.338 e. The largest absolute Gasteiger partial charge is 0.338 e. The summed E-state index contributed by atoms with van der Waals surface area (Å²) < 4.78 is 0. The average Bonchev–Trinajstić information content (AvgIpc) is 2.43. The van der Waals surface area contributed by atoms with Gasteiger partial charge in [0.25, 0.3) is 0 Å². The number of hydrogen-bond acceptors (Lipinski definition) is 5. The zero-order valence-electron chi connectivity index (χ0n) is 9.92. The highest BCUT2D eigenvalue weighted by molar-refractivity contribution is 6.37. The van der Waals surface area contributed by atoms with E-state index in [0.29, 0.717) is 32.1 Å². The van der Waals surface area contributed by atoms with Crippen LogP contribution in [0.25, 0.3) is 0 Å². The Kier molecular flexibility index (Phi) is 4.53. The van der Waals surface area contributed by atoms with Gasteiger partial charge in [0, 0.05) is 0 Å². The van der Waals surface area contributed by atoms with Crippen LogP contribution in [0.4, 0.5) is 17.3 Å². The normalized spacial score (nSPS) is 9.95. The van der Waals surface area contributed by atoms with Crippen LogP contribution in [0, 0.1) is 11.3 Å². The lowest BCUT2D eigenvalue weighted by Gasteiger charge is -2.11. The molecule has 0 radical (unpaired) electrons. The van der Waals surface area contributed by atoms with Gasteiger partial charge in [-0.25, -0.2) is 10.8 Å². The number of anilines is 3. The van der Waals surface area contributed by atoms with Crippen molar-refractivity contribution in [3.05, 3.63) is 44.9 Å². The van der Waals surface area contributed by atoms with Gasteiger partial charge < -0.3 is 10.7 Å². The molecule has 2 rings (SSSR count). The highest BCUT2D eigenvalue weighted by Crippen LogP contribution is 2.32. The number of hydrogen-bond donors (Lipinski definition) is 3. The highest BCUT2D eigenvalue weighted by Gasteiger charge is 2.10. The third-order valence-corrected chi connectivity index (χ3v) is 3.31. The fourth-order valence-corrected chi connectivity index (χ4v) is 2.16. The van der Waals surface area contributed by atoms with Crippen LogP contribution in [0.3, 0.4) is 0 Å². The molecule has 102 valence electrons. The molecule has 1 heterocycles. The zero-order valence-corrected chi connectivity index (χ0v) is 12.2. The van der Waals surface area contributed by atoms with Gasteiger partial charge in [-0.1, -0.05) is 34.8 Å². The van der Waals surface area contributed by atoms with Gasteiger partial charge in [-0.15, -0.1) is 0 Å². The van der Waals surface area contributed by atoms with Crippen molar-refractivity contribution >= 4 is 52.1 Å². The van der Waals surface area contributed by atoms with Crippen LogP contribution in [0.1, 0.15) is 5.56 Å². The number of nitriles is 1. The van der Waals surface area contributed by atoms with E-state index in [9.17, 15) is 0 Å². The first-order chi connectivity index (χ1) is 9.55. The van der Waals surface area contributed by atoms with Crippen molar-refractivity contribution in [3.8, 4) is 6.07 Å². The number of aromatic nitrogens is 1. The first kappa shape index (κ1) is 14.7. The molecule has 0 saturated heterocycles. The molecule has 0 aliphatic rings. The standard InChI is InChI=1S/C12H8Cl3N5/c13-7-3-6(5-16)1-2-10(7)18-11-8(14)4-9(15)12(19-11)20-17/h1-4H,17H2,(H2,18,19,20). The minimum atomic E-state index is 0.281. The van der Waals surface area contributed by atoms with E-state index in [1.165, 1.54) is 12.1 Å². The van der Waals surface area contributed by atoms with Gasteiger partial charge in [0.2, 0.25) is 0 Å². The van der Waals surface area contributed by atoms with Crippen LogP contribution in [-0.2, 0) is 0 Å². The van der Waals surface area contributed by atoms with Crippen LogP contribution in [0.2, 0.25) is 15.1 Å². The summed E-state index contributed by atoms with van der Waals surface area (Å²) in [5.74, 6) is 5.92. The lowest BCUT2D eigenvalue weighted by molar-refractivity contribution is 1.22. The number of nitrogens with one attached hydrogen (secondary N) is 2. The number of rotatable bonds is 3. The Morgan fingerprint density at radius 3 is 2.35 bits per heavy atom. The van der Waals surface area contributed by atoms with Crippen molar-refractivity contribution < 1.29 is 0 Å². The fraction of sp³-hybridized carbons (Fsp3) is 0. The number of pyridine rings is 1. The number of benzene rings is 1. The van der Waals surface area contributed by atoms with Gasteiger partial charge in [-0.05, 0) is 24.3 Å². The molecule has 0 spiro atoms. The second-order valence-electron chi connectivity index (χ2n) is 3.72. The van der Waals surface area contributed by atoms with Gasteiger partial charge >= 0.3 is 0 Å². The minimum absolute atomic E-state index is 0.281. The van der Waals surface area contributed by atoms with E-state index in [1.807, 2.05) is 6.07 Å². The molecule has 1 aromatic heterocycles. The molecule has 4 N–H and O–H groups in total. The van der Waals surface area contributed by atoms with E-state index >= 15 is 0 Å². The second kappa shape index (κ2) is 6.16. The third kappa shape index (κ3) is 3.06. The summed E-state index contributed by atoms with van der Waals surface area (Å²) in [6, 6.07) is 8.32. The van der Waals surface area contributed by atoms with E-state index in [4.69, 9.17) is 45.9 Å². The molecule has 20 heavy (non-hydrogen) atoms. The summed E-state index contributed by atoms with van der Waals surface area (Å²) >= 11 is 18.0. The molecule has 0 aliphatic carbocycles. The summed E-state index contributed by atoms with van der Waals surface area (Å²) in [6.45, 7) is 0. The summed E-state index contributed by atoms with van der Waals surface area (Å²) in [7, 11) is 0. The quantitative estimate of drug-likeness (QED) is 0.587. The van der Waals surface area contributed by atoms with Crippen LogP contribution < -0.4 is 16.6 Å². The average molecular weight is 329 g/mol. The number of nitrogens with two attached hydrogens (primary N) is 1. The number of hydrazine groups is 1. The first-order valence-corrected chi connectivity index (χ1v) is 6.48. The van der Waals surface area contributed by atoms with Crippen molar-refractivity contribution in [1.82, 2.24) is 4.98 Å². The summed E-state index contributed by atoms with van der Waals surface area (Å²) in [5.41, 5.74) is 3.38. The van der Waals surface area contributed by atoms with Crippen molar-refractivity contribution in [1.29, 1.82) is 5.26 Å². The van der Waals surface area contributed by atoms with E-state index in [2.05, 4.69) is 15.7 Å². The maximum absolute atomic E-state index is 8.79. The second-order valence-corrected chi connectivity index (χ2v) is 4.95. The van der Waals surface area contributed by atoms with Crippen LogP contribution in [0.15, 0.2) is 24.3 Å². The number of halogens is 3. The molecule has 0 atom stereocenters. The van der Waals surface area contributed by atoms with Crippen molar-refractivity contribution in [2.45, 2.75) is 0 Å². The molecule has 0 unspecified atom stereocenters. The zero-order chi connectivity index (χ0) is 14.7. The lowest BCUT2D eigenvalue weighted by Crippen LogP contribution is -2.10. The molecule has 0 bridgehead atoms. The maximum Gasteiger partial charge on any atom is 0.161 e. The molecule has 1 aromatic carbocycles. The van der Waals surface area contributed by atoms with Gasteiger partial charge in [0.15, 0.2) is 11.6 Å². The Balaban J connectivity index is 2.37. The van der Waals surface area contributed by atoms with Gasteiger partial charge in [-0.2, -0.15) is 5.26 Å². The number of nitrogens with zero attached hydrogens (tertiary/aromatic N) is 2. The monoisotopic (exact) mass is 327 g/mol. The van der Waals surface area contributed by atoms with Crippen molar-refractivity contribution in [2.24, 2.45) is 5.84 Å². The highest BCUT2D eigenvalue weighted by atomic mass is 35.5. The molecular formula is C12H8Cl3N5. The Labute approximate surface area is 130 Å². The molecule has 0 saturated carbocycles. The van der Waals surface area contributed by atoms with Gasteiger partial charge in [0.05, 0.1) is 32.4 Å². The van der Waals surface area contributed by atoms with E-state index < -0.39 is 0 Å².